The van der Waals surface area contributed by atoms with E-state index in [0.29, 0.717) is 39.5 Å². The fourth-order valence-electron chi connectivity index (χ4n) is 2.04. The molecule has 0 spiro atoms. The second kappa shape index (κ2) is 15.6. The zero-order valence-corrected chi connectivity index (χ0v) is 20.0. The SMILES string of the molecule is CCC(=O)OC(C)COC(C)COC(C)COC(C)COCCOC(=O)C(C)(C)C. The molecule has 0 saturated carbocycles. The Kier molecular flexibility index (Phi) is 14.9. The van der Waals surface area contributed by atoms with Gasteiger partial charge in [-0.1, -0.05) is 6.92 Å². The highest BCUT2D eigenvalue weighted by Gasteiger charge is 2.22. The maximum absolute atomic E-state index is 11.6. The van der Waals surface area contributed by atoms with Gasteiger partial charge in [0.25, 0.3) is 0 Å². The predicted molar refractivity (Wildman–Crippen MR) is 113 cm³/mol. The molecule has 0 aromatic rings. The van der Waals surface area contributed by atoms with E-state index in [0.717, 1.165) is 0 Å². The highest BCUT2D eigenvalue weighted by molar-refractivity contribution is 5.75. The first-order chi connectivity index (χ1) is 14.0. The molecule has 8 heteroatoms. The van der Waals surface area contributed by atoms with E-state index in [4.69, 9.17) is 28.4 Å². The molecule has 0 amide bonds. The molecular formula is C22H42O8. The van der Waals surface area contributed by atoms with Crippen LogP contribution in [0.4, 0.5) is 0 Å². The van der Waals surface area contributed by atoms with E-state index >= 15 is 0 Å². The molecule has 30 heavy (non-hydrogen) atoms. The lowest BCUT2D eigenvalue weighted by molar-refractivity contribution is -0.155. The van der Waals surface area contributed by atoms with Crippen LogP contribution in [0.25, 0.3) is 0 Å². The molecule has 0 N–H and O–H groups in total. The molecule has 0 saturated heterocycles. The van der Waals surface area contributed by atoms with Gasteiger partial charge in [-0.15, -0.1) is 0 Å². The van der Waals surface area contributed by atoms with Crippen molar-refractivity contribution in [3.8, 4) is 0 Å². The largest absolute Gasteiger partial charge is 0.463 e. The lowest BCUT2D eigenvalue weighted by atomic mass is 9.97. The molecule has 4 atom stereocenters. The number of carbonyl (C=O) groups excluding carboxylic acids is 2. The summed E-state index contributed by atoms with van der Waals surface area (Å²) < 4.78 is 32.9. The summed E-state index contributed by atoms with van der Waals surface area (Å²) in [4.78, 5) is 22.9. The monoisotopic (exact) mass is 434 g/mol. The Labute approximate surface area is 181 Å². The standard InChI is InChI=1S/C22H42O8/c1-9-20(23)30-19(5)15-29-18(4)14-28-17(3)13-27-16(2)12-25-10-11-26-21(24)22(6,7)8/h16-19H,9-15H2,1-8H3. The molecule has 0 heterocycles. The summed E-state index contributed by atoms with van der Waals surface area (Å²) in [6, 6.07) is 0. The van der Waals surface area contributed by atoms with E-state index in [1.165, 1.54) is 0 Å². The summed E-state index contributed by atoms with van der Waals surface area (Å²) in [6.07, 6.45) is -0.238. The minimum atomic E-state index is -0.505. The third-order valence-electron chi connectivity index (χ3n) is 3.89. The van der Waals surface area contributed by atoms with Gasteiger partial charge in [-0.3, -0.25) is 9.59 Å². The highest BCUT2D eigenvalue weighted by Crippen LogP contribution is 2.14. The Bertz CT molecular complexity index is 474. The molecule has 0 aliphatic heterocycles. The van der Waals surface area contributed by atoms with Crippen LogP contribution in [0.15, 0.2) is 0 Å². The molecular weight excluding hydrogens is 392 g/mol. The lowest BCUT2D eigenvalue weighted by Gasteiger charge is -2.21. The zero-order valence-electron chi connectivity index (χ0n) is 20.0. The van der Waals surface area contributed by atoms with Crippen LogP contribution in [0.2, 0.25) is 0 Å². The lowest BCUT2D eigenvalue weighted by Crippen LogP contribution is -2.29. The van der Waals surface area contributed by atoms with Gasteiger partial charge in [0.2, 0.25) is 0 Å². The summed E-state index contributed by atoms with van der Waals surface area (Å²) in [7, 11) is 0. The normalized spacial score (nSPS) is 15.9. The van der Waals surface area contributed by atoms with Crippen molar-refractivity contribution in [2.75, 3.05) is 39.6 Å². The second-order valence-corrected chi connectivity index (χ2v) is 8.55. The molecule has 0 bridgehead atoms. The van der Waals surface area contributed by atoms with Crippen LogP contribution in [-0.2, 0) is 38.0 Å². The van der Waals surface area contributed by atoms with Crippen molar-refractivity contribution in [1.29, 1.82) is 0 Å². The van der Waals surface area contributed by atoms with Crippen molar-refractivity contribution >= 4 is 11.9 Å². The van der Waals surface area contributed by atoms with Gasteiger partial charge in [0.05, 0.1) is 56.8 Å². The van der Waals surface area contributed by atoms with Crippen molar-refractivity contribution < 1.29 is 38.0 Å². The van der Waals surface area contributed by atoms with E-state index in [1.54, 1.807) is 13.8 Å². The predicted octanol–water partition coefficient (Wildman–Crippen LogP) is 3.15. The van der Waals surface area contributed by atoms with Crippen LogP contribution < -0.4 is 0 Å². The maximum atomic E-state index is 11.6. The summed E-state index contributed by atoms with van der Waals surface area (Å²) in [6.45, 7) is 16.9. The van der Waals surface area contributed by atoms with Crippen molar-refractivity contribution in [3.05, 3.63) is 0 Å². The molecule has 0 aliphatic carbocycles. The Morgan fingerprint density at radius 2 is 1.20 bits per heavy atom. The van der Waals surface area contributed by atoms with Gasteiger partial charge in [-0.2, -0.15) is 0 Å². The van der Waals surface area contributed by atoms with Crippen molar-refractivity contribution in [1.82, 2.24) is 0 Å². The first kappa shape index (κ1) is 28.8. The van der Waals surface area contributed by atoms with Gasteiger partial charge in [0.1, 0.15) is 12.7 Å². The van der Waals surface area contributed by atoms with E-state index < -0.39 is 5.41 Å². The number of esters is 2. The quantitative estimate of drug-likeness (QED) is 0.270. The molecule has 0 aromatic carbocycles. The van der Waals surface area contributed by atoms with Crippen molar-refractivity contribution in [2.45, 2.75) is 86.2 Å². The Balaban J connectivity index is 3.76. The van der Waals surface area contributed by atoms with Crippen LogP contribution in [0, 0.1) is 5.41 Å². The number of hydrogen-bond acceptors (Lipinski definition) is 8. The Hall–Kier alpha value is -1.22. The van der Waals surface area contributed by atoms with Gasteiger partial charge in [-0.25, -0.2) is 0 Å². The first-order valence-electron chi connectivity index (χ1n) is 10.7. The van der Waals surface area contributed by atoms with Crippen molar-refractivity contribution in [3.63, 3.8) is 0 Å². The van der Waals surface area contributed by atoms with Crippen molar-refractivity contribution in [2.24, 2.45) is 5.41 Å². The Morgan fingerprint density at radius 1 is 0.733 bits per heavy atom. The van der Waals surface area contributed by atoms with E-state index in [2.05, 4.69) is 0 Å². The molecule has 8 nitrogen and oxygen atoms in total. The minimum Gasteiger partial charge on any atom is -0.463 e. The third-order valence-corrected chi connectivity index (χ3v) is 3.89. The molecule has 178 valence electrons. The number of hydrogen-bond donors (Lipinski definition) is 0. The van der Waals surface area contributed by atoms with E-state index in [9.17, 15) is 9.59 Å². The topological polar surface area (TPSA) is 89.5 Å². The van der Waals surface area contributed by atoms with Gasteiger partial charge in [0.15, 0.2) is 0 Å². The highest BCUT2D eigenvalue weighted by atomic mass is 16.6. The van der Waals surface area contributed by atoms with E-state index in [1.807, 2.05) is 41.5 Å². The van der Waals surface area contributed by atoms with Crippen LogP contribution >= 0.6 is 0 Å². The maximum Gasteiger partial charge on any atom is 0.311 e. The van der Waals surface area contributed by atoms with Gasteiger partial charge < -0.3 is 28.4 Å². The average Bonchev–Trinajstić information content (AvgIpc) is 2.67. The molecule has 0 rings (SSSR count). The minimum absolute atomic E-state index is 0.0958. The number of ether oxygens (including phenoxy) is 6. The van der Waals surface area contributed by atoms with Gasteiger partial charge in [-0.05, 0) is 48.5 Å². The van der Waals surface area contributed by atoms with Gasteiger partial charge in [0, 0.05) is 6.42 Å². The third kappa shape index (κ3) is 15.6. The average molecular weight is 435 g/mol. The molecule has 0 aliphatic rings. The summed E-state index contributed by atoms with van der Waals surface area (Å²) in [5, 5.41) is 0. The number of rotatable bonds is 16. The van der Waals surface area contributed by atoms with Crippen LogP contribution in [0.1, 0.15) is 61.8 Å². The fraction of sp³-hybridized carbons (Fsp3) is 0.909. The van der Waals surface area contributed by atoms with Crippen LogP contribution in [0.5, 0.6) is 0 Å². The molecule has 0 radical (unpaired) electrons. The molecule has 4 unspecified atom stereocenters. The summed E-state index contributed by atoms with van der Waals surface area (Å²) >= 11 is 0. The molecule has 0 fully saturated rings. The molecule has 0 aromatic heterocycles. The Morgan fingerprint density at radius 3 is 1.67 bits per heavy atom. The smallest absolute Gasteiger partial charge is 0.311 e. The van der Waals surface area contributed by atoms with E-state index in [-0.39, 0.29) is 43.0 Å². The summed E-state index contributed by atoms with van der Waals surface area (Å²) in [5.74, 6) is -0.471. The second-order valence-electron chi connectivity index (χ2n) is 8.55. The first-order valence-corrected chi connectivity index (χ1v) is 10.7. The van der Waals surface area contributed by atoms with Crippen LogP contribution in [0.3, 0.4) is 0 Å². The fourth-order valence-corrected chi connectivity index (χ4v) is 2.04. The van der Waals surface area contributed by atoms with Crippen LogP contribution in [-0.4, -0.2) is 76.0 Å². The number of carbonyl (C=O) groups is 2. The summed E-state index contributed by atoms with van der Waals surface area (Å²) in [5.41, 5.74) is -0.505. The van der Waals surface area contributed by atoms with Gasteiger partial charge >= 0.3 is 11.9 Å². The zero-order chi connectivity index (χ0) is 23.2.